The number of nitrogens with one attached hydrogen (secondary N) is 1. The molecule has 3 rings (SSSR count). The molecule has 0 saturated heterocycles. The summed E-state index contributed by atoms with van der Waals surface area (Å²) in [6, 6.07) is 8.83. The van der Waals surface area contributed by atoms with Gasteiger partial charge >= 0.3 is 0 Å². The maximum Gasteiger partial charge on any atom is 0.258 e. The Bertz CT molecular complexity index is 933. The van der Waals surface area contributed by atoms with E-state index < -0.39 is 23.4 Å². The van der Waals surface area contributed by atoms with E-state index in [1.807, 2.05) is 0 Å². The van der Waals surface area contributed by atoms with E-state index in [4.69, 9.17) is 4.74 Å². The molecule has 0 atom stereocenters. The Hall–Kier alpha value is -3.42. The predicted octanol–water partition coefficient (Wildman–Crippen LogP) is 3.62. The molecule has 0 aliphatic heterocycles. The van der Waals surface area contributed by atoms with Crippen molar-refractivity contribution in [2.45, 2.75) is 6.54 Å². The molecule has 5 nitrogen and oxygen atoms in total. The highest BCUT2D eigenvalue weighted by molar-refractivity contribution is 5.96. The molecule has 132 valence electrons. The third kappa shape index (κ3) is 3.97. The van der Waals surface area contributed by atoms with Crippen molar-refractivity contribution in [3.8, 4) is 11.6 Å². The van der Waals surface area contributed by atoms with Crippen molar-refractivity contribution in [3.63, 3.8) is 0 Å². The number of carbonyl (C=O) groups excluding carboxylic acids is 1. The molecule has 1 N–H and O–H groups in total. The first-order chi connectivity index (χ1) is 12.5. The Kier molecular flexibility index (Phi) is 5.12. The second kappa shape index (κ2) is 7.64. The van der Waals surface area contributed by atoms with Gasteiger partial charge in [-0.1, -0.05) is 12.1 Å². The summed E-state index contributed by atoms with van der Waals surface area (Å²) in [5.41, 5.74) is -0.00941. The molecule has 8 heteroatoms. The number of amides is 1. The Morgan fingerprint density at radius 3 is 2.62 bits per heavy atom. The van der Waals surface area contributed by atoms with Gasteiger partial charge in [0.15, 0.2) is 11.6 Å². The van der Waals surface area contributed by atoms with Gasteiger partial charge in [-0.05, 0) is 30.3 Å². The first-order valence-corrected chi connectivity index (χ1v) is 7.49. The quantitative estimate of drug-likeness (QED) is 0.756. The molecule has 0 spiro atoms. The summed E-state index contributed by atoms with van der Waals surface area (Å²) in [6.45, 7) is -0.229. The topological polar surface area (TPSA) is 64.1 Å². The van der Waals surface area contributed by atoms with Crippen LogP contribution in [0.25, 0.3) is 0 Å². The van der Waals surface area contributed by atoms with Gasteiger partial charge in [0.05, 0.1) is 0 Å². The van der Waals surface area contributed by atoms with Crippen LogP contribution in [0.5, 0.6) is 11.6 Å². The number of hydrogen-bond acceptors (Lipinski definition) is 4. The van der Waals surface area contributed by atoms with E-state index in [0.29, 0.717) is 0 Å². The third-order valence-electron chi connectivity index (χ3n) is 3.42. The minimum absolute atomic E-state index is 0.00352. The first kappa shape index (κ1) is 17.4. The number of ether oxygens (including phenoxy) is 1. The minimum atomic E-state index is -1.03. The van der Waals surface area contributed by atoms with Crippen molar-refractivity contribution in [2.75, 3.05) is 0 Å². The molecule has 0 radical (unpaired) electrons. The standard InChI is InChI=1S/C18H12F3N3O2/c19-12-4-6-13(7-5-12)26-18-14(9-22-10-24-18)17(25)23-8-11-2-1-3-15(20)16(11)21/h1-7,9-10H,8H2,(H,23,25). The minimum Gasteiger partial charge on any atom is -0.438 e. The van der Waals surface area contributed by atoms with Gasteiger partial charge in [-0.25, -0.2) is 23.1 Å². The summed E-state index contributed by atoms with van der Waals surface area (Å²) in [6.07, 6.45) is 2.41. The lowest BCUT2D eigenvalue weighted by atomic mass is 10.2. The number of nitrogens with zero attached hydrogens (tertiary/aromatic N) is 2. The first-order valence-electron chi connectivity index (χ1n) is 7.49. The van der Waals surface area contributed by atoms with E-state index in [-0.39, 0.29) is 29.3 Å². The Morgan fingerprint density at radius 1 is 1.08 bits per heavy atom. The van der Waals surface area contributed by atoms with Crippen molar-refractivity contribution < 1.29 is 22.7 Å². The number of carbonyl (C=O) groups is 1. The lowest BCUT2D eigenvalue weighted by molar-refractivity contribution is 0.0947. The molecule has 1 heterocycles. The fourth-order valence-electron chi connectivity index (χ4n) is 2.13. The fourth-order valence-corrected chi connectivity index (χ4v) is 2.13. The molecule has 1 amide bonds. The molecule has 0 saturated carbocycles. The van der Waals surface area contributed by atoms with Crippen molar-refractivity contribution in [3.05, 3.63) is 83.6 Å². The van der Waals surface area contributed by atoms with Crippen LogP contribution in [0.3, 0.4) is 0 Å². The second-order valence-corrected chi connectivity index (χ2v) is 5.19. The third-order valence-corrected chi connectivity index (χ3v) is 3.42. The maximum atomic E-state index is 13.6. The summed E-state index contributed by atoms with van der Waals surface area (Å²) >= 11 is 0. The van der Waals surface area contributed by atoms with E-state index >= 15 is 0 Å². The summed E-state index contributed by atoms with van der Waals surface area (Å²) in [5.74, 6) is -2.87. The van der Waals surface area contributed by atoms with Crippen LogP contribution in [-0.2, 0) is 6.54 Å². The van der Waals surface area contributed by atoms with E-state index in [1.165, 1.54) is 48.9 Å². The molecule has 0 aliphatic carbocycles. The fraction of sp³-hybridized carbons (Fsp3) is 0.0556. The van der Waals surface area contributed by atoms with Gasteiger partial charge in [0.1, 0.15) is 23.5 Å². The van der Waals surface area contributed by atoms with E-state index in [0.717, 1.165) is 6.07 Å². The van der Waals surface area contributed by atoms with Crippen LogP contribution in [0.1, 0.15) is 15.9 Å². The van der Waals surface area contributed by atoms with E-state index in [9.17, 15) is 18.0 Å². The zero-order valence-electron chi connectivity index (χ0n) is 13.2. The highest BCUT2D eigenvalue weighted by Gasteiger charge is 2.16. The van der Waals surface area contributed by atoms with Crippen LogP contribution >= 0.6 is 0 Å². The molecule has 0 bridgehead atoms. The van der Waals surface area contributed by atoms with Gasteiger partial charge in [-0.15, -0.1) is 0 Å². The number of aromatic nitrogens is 2. The summed E-state index contributed by atoms with van der Waals surface area (Å²) in [5, 5.41) is 2.45. The van der Waals surface area contributed by atoms with Crippen molar-refractivity contribution in [2.24, 2.45) is 0 Å². The molecule has 0 fully saturated rings. The molecule has 3 aromatic rings. The molecular weight excluding hydrogens is 347 g/mol. The summed E-state index contributed by atoms with van der Waals surface area (Å²) in [4.78, 5) is 20.0. The lowest BCUT2D eigenvalue weighted by Crippen LogP contribution is -2.24. The van der Waals surface area contributed by atoms with Gasteiger partial charge in [0.2, 0.25) is 5.88 Å². The average molecular weight is 359 g/mol. The predicted molar refractivity (Wildman–Crippen MR) is 86.0 cm³/mol. The zero-order chi connectivity index (χ0) is 18.5. The molecule has 0 unspecified atom stereocenters. The van der Waals surface area contributed by atoms with Gasteiger partial charge < -0.3 is 10.1 Å². The molecule has 26 heavy (non-hydrogen) atoms. The Morgan fingerprint density at radius 2 is 1.85 bits per heavy atom. The Balaban J connectivity index is 1.75. The monoisotopic (exact) mass is 359 g/mol. The molecule has 1 aromatic heterocycles. The Labute approximate surface area is 146 Å². The zero-order valence-corrected chi connectivity index (χ0v) is 13.2. The SMILES string of the molecule is O=C(NCc1cccc(F)c1F)c1cncnc1Oc1ccc(F)cc1. The van der Waals surface area contributed by atoms with Crippen molar-refractivity contribution in [1.82, 2.24) is 15.3 Å². The highest BCUT2D eigenvalue weighted by atomic mass is 19.2. The van der Waals surface area contributed by atoms with Gasteiger partial charge in [0.25, 0.3) is 5.91 Å². The summed E-state index contributed by atoms with van der Waals surface area (Å²) in [7, 11) is 0. The normalized spacial score (nSPS) is 10.4. The van der Waals surface area contributed by atoms with E-state index in [1.54, 1.807) is 0 Å². The lowest BCUT2D eigenvalue weighted by Gasteiger charge is -2.10. The van der Waals surface area contributed by atoms with Crippen LogP contribution in [0.4, 0.5) is 13.2 Å². The molecular formula is C18H12F3N3O2. The highest BCUT2D eigenvalue weighted by Crippen LogP contribution is 2.22. The number of halogens is 3. The van der Waals surface area contributed by atoms with Gasteiger partial charge in [-0.2, -0.15) is 0 Å². The smallest absolute Gasteiger partial charge is 0.258 e. The van der Waals surface area contributed by atoms with Crippen LogP contribution in [0.15, 0.2) is 55.0 Å². The van der Waals surface area contributed by atoms with Crippen LogP contribution in [0.2, 0.25) is 0 Å². The summed E-state index contributed by atoms with van der Waals surface area (Å²) < 4.78 is 45.3. The number of benzene rings is 2. The molecule has 2 aromatic carbocycles. The molecule has 0 aliphatic rings. The van der Waals surface area contributed by atoms with Crippen molar-refractivity contribution in [1.29, 1.82) is 0 Å². The van der Waals surface area contributed by atoms with Crippen LogP contribution in [0, 0.1) is 17.5 Å². The average Bonchev–Trinajstić information content (AvgIpc) is 2.65. The van der Waals surface area contributed by atoms with Crippen LogP contribution < -0.4 is 10.1 Å². The largest absolute Gasteiger partial charge is 0.438 e. The maximum absolute atomic E-state index is 13.6. The number of hydrogen-bond donors (Lipinski definition) is 1. The van der Waals surface area contributed by atoms with Crippen molar-refractivity contribution >= 4 is 5.91 Å². The van der Waals surface area contributed by atoms with Crippen LogP contribution in [-0.4, -0.2) is 15.9 Å². The van der Waals surface area contributed by atoms with E-state index in [2.05, 4.69) is 15.3 Å². The van der Waals surface area contributed by atoms with Gasteiger partial charge in [0, 0.05) is 18.3 Å². The van der Waals surface area contributed by atoms with Gasteiger partial charge in [-0.3, -0.25) is 4.79 Å². The number of rotatable bonds is 5. The second-order valence-electron chi connectivity index (χ2n) is 5.19.